The van der Waals surface area contributed by atoms with Gasteiger partial charge in [-0.1, -0.05) is 54.1 Å². The summed E-state index contributed by atoms with van der Waals surface area (Å²) < 4.78 is 6.07. The van der Waals surface area contributed by atoms with Gasteiger partial charge in [-0.3, -0.25) is 14.6 Å². The van der Waals surface area contributed by atoms with Gasteiger partial charge in [-0.25, -0.2) is 0 Å². The van der Waals surface area contributed by atoms with E-state index in [9.17, 15) is 9.90 Å². The number of rotatable bonds is 5. The van der Waals surface area contributed by atoms with Gasteiger partial charge in [0.2, 0.25) is 5.78 Å². The highest BCUT2D eigenvalue weighted by atomic mass is 35.5. The van der Waals surface area contributed by atoms with Gasteiger partial charge >= 0.3 is 0 Å². The summed E-state index contributed by atoms with van der Waals surface area (Å²) in [7, 11) is 0. The number of Topliss-reactive ketones (excluding diaryl/α,β-unsaturated/α-hetero) is 1. The van der Waals surface area contributed by atoms with E-state index in [0.717, 1.165) is 38.3 Å². The van der Waals surface area contributed by atoms with Crippen molar-refractivity contribution in [3.05, 3.63) is 99.3 Å². The summed E-state index contributed by atoms with van der Waals surface area (Å²) in [5, 5.41) is 11.4. The molecule has 0 aliphatic carbocycles. The topological polar surface area (TPSA) is 53.0 Å². The molecule has 1 fully saturated rings. The van der Waals surface area contributed by atoms with Gasteiger partial charge in [0.05, 0.1) is 11.1 Å². The Hall–Kier alpha value is -3.12. The van der Waals surface area contributed by atoms with Crippen molar-refractivity contribution in [2.45, 2.75) is 20.0 Å². The molecule has 2 aliphatic heterocycles. The van der Waals surface area contributed by atoms with Gasteiger partial charge in [0, 0.05) is 44.3 Å². The fraction of sp³-hybridized carbons (Fsp3) is 0.250. The lowest BCUT2D eigenvalue weighted by Gasteiger charge is -2.35. The Morgan fingerprint density at radius 3 is 2.29 bits per heavy atom. The zero-order valence-corrected chi connectivity index (χ0v) is 19.9. The van der Waals surface area contributed by atoms with Crippen LogP contribution in [-0.4, -0.2) is 46.9 Å². The number of allylic oxidation sites excluding steroid dienone is 1. The molecule has 3 aromatic rings. The van der Waals surface area contributed by atoms with E-state index in [-0.39, 0.29) is 17.3 Å². The number of carbonyl (C=O) groups is 1. The SMILES string of the molecule is Cc1cc(O)c(CN2CCN(Cc3ccccc3)CC2)c2c1C(=O)/C(=C/c1ccc(Cl)cc1)O2. The number of phenols is 1. The quantitative estimate of drug-likeness (QED) is 0.509. The van der Waals surface area contributed by atoms with Crippen LogP contribution in [0.2, 0.25) is 5.02 Å². The number of piperazine rings is 1. The number of ether oxygens (including phenoxy) is 1. The molecule has 5 nitrogen and oxygen atoms in total. The fourth-order valence-corrected chi connectivity index (χ4v) is 4.74. The summed E-state index contributed by atoms with van der Waals surface area (Å²) in [5.41, 5.74) is 4.07. The largest absolute Gasteiger partial charge is 0.507 e. The molecule has 0 atom stereocenters. The van der Waals surface area contributed by atoms with Crippen LogP contribution in [-0.2, 0) is 13.1 Å². The second-order valence-electron chi connectivity index (χ2n) is 8.92. The second-order valence-corrected chi connectivity index (χ2v) is 9.36. The van der Waals surface area contributed by atoms with Gasteiger partial charge < -0.3 is 9.84 Å². The molecule has 0 saturated carbocycles. The van der Waals surface area contributed by atoms with Crippen molar-refractivity contribution in [3.8, 4) is 11.5 Å². The lowest BCUT2D eigenvalue weighted by Crippen LogP contribution is -2.45. The number of ketones is 1. The summed E-state index contributed by atoms with van der Waals surface area (Å²) in [6.07, 6.45) is 1.72. The Morgan fingerprint density at radius 1 is 0.971 bits per heavy atom. The lowest BCUT2D eigenvalue weighted by atomic mass is 9.99. The van der Waals surface area contributed by atoms with Crippen molar-refractivity contribution in [2.24, 2.45) is 0 Å². The van der Waals surface area contributed by atoms with Crippen molar-refractivity contribution in [3.63, 3.8) is 0 Å². The monoisotopic (exact) mass is 474 g/mol. The summed E-state index contributed by atoms with van der Waals surface area (Å²) in [6, 6.07) is 19.4. The van der Waals surface area contributed by atoms with Gasteiger partial charge in [-0.05, 0) is 47.9 Å². The minimum atomic E-state index is -0.156. The molecule has 0 aromatic heterocycles. The molecular formula is C28H27ClN2O3. The third-order valence-corrected chi connectivity index (χ3v) is 6.74. The highest BCUT2D eigenvalue weighted by Crippen LogP contribution is 2.42. The number of carbonyl (C=O) groups excluding carboxylic acids is 1. The summed E-state index contributed by atoms with van der Waals surface area (Å²) in [5.74, 6) is 0.759. The predicted octanol–water partition coefficient (Wildman–Crippen LogP) is 5.29. The van der Waals surface area contributed by atoms with E-state index < -0.39 is 0 Å². The van der Waals surface area contributed by atoms with E-state index >= 15 is 0 Å². The van der Waals surface area contributed by atoms with E-state index in [1.54, 1.807) is 24.3 Å². The van der Waals surface area contributed by atoms with Gasteiger partial charge in [-0.15, -0.1) is 0 Å². The van der Waals surface area contributed by atoms with Crippen molar-refractivity contribution in [1.82, 2.24) is 9.80 Å². The lowest BCUT2D eigenvalue weighted by molar-refractivity contribution is 0.101. The summed E-state index contributed by atoms with van der Waals surface area (Å²) in [6.45, 7) is 6.98. The molecule has 34 heavy (non-hydrogen) atoms. The normalized spacial score (nSPS) is 17.7. The number of benzene rings is 3. The molecule has 1 saturated heterocycles. The van der Waals surface area contributed by atoms with Crippen molar-refractivity contribution in [2.75, 3.05) is 26.2 Å². The van der Waals surface area contributed by atoms with Crippen molar-refractivity contribution in [1.29, 1.82) is 0 Å². The predicted molar refractivity (Wildman–Crippen MR) is 134 cm³/mol. The Balaban J connectivity index is 1.32. The Morgan fingerprint density at radius 2 is 1.62 bits per heavy atom. The minimum Gasteiger partial charge on any atom is -0.507 e. The van der Waals surface area contributed by atoms with Crippen LogP contribution in [0.3, 0.4) is 0 Å². The Labute approximate surface area is 204 Å². The first-order valence-corrected chi connectivity index (χ1v) is 11.9. The van der Waals surface area contributed by atoms with Crippen LogP contribution in [0.25, 0.3) is 6.08 Å². The molecule has 6 heteroatoms. The highest BCUT2D eigenvalue weighted by molar-refractivity contribution is 6.30. The number of halogens is 1. The molecule has 174 valence electrons. The highest BCUT2D eigenvalue weighted by Gasteiger charge is 2.34. The number of hydrogen-bond donors (Lipinski definition) is 1. The van der Waals surface area contributed by atoms with Crippen molar-refractivity contribution >= 4 is 23.5 Å². The van der Waals surface area contributed by atoms with Gasteiger partial charge in [0.15, 0.2) is 5.76 Å². The van der Waals surface area contributed by atoms with Crippen LogP contribution in [0.4, 0.5) is 0 Å². The number of aromatic hydroxyl groups is 1. The van der Waals surface area contributed by atoms with Crippen LogP contribution >= 0.6 is 11.6 Å². The van der Waals surface area contributed by atoms with E-state index in [1.165, 1.54) is 5.56 Å². The van der Waals surface area contributed by atoms with Gasteiger partial charge in [0.1, 0.15) is 11.5 Å². The third-order valence-electron chi connectivity index (χ3n) is 6.48. The minimum absolute atomic E-state index is 0.156. The average molecular weight is 475 g/mol. The van der Waals surface area contributed by atoms with E-state index in [1.807, 2.05) is 25.1 Å². The maximum absolute atomic E-state index is 13.1. The second kappa shape index (κ2) is 9.63. The van der Waals surface area contributed by atoms with Gasteiger partial charge in [-0.2, -0.15) is 0 Å². The first-order valence-electron chi connectivity index (χ1n) is 11.5. The number of nitrogens with zero attached hydrogens (tertiary/aromatic N) is 2. The molecule has 5 rings (SSSR count). The van der Waals surface area contributed by atoms with Crippen LogP contribution in [0.15, 0.2) is 66.4 Å². The summed E-state index contributed by atoms with van der Waals surface area (Å²) >= 11 is 5.98. The standard InChI is InChI=1S/C28H27ClN2O3/c1-19-15-24(32)23(18-31-13-11-30(12-14-31)17-21-5-3-2-4-6-21)28-26(19)27(33)25(34-28)16-20-7-9-22(29)10-8-20/h2-10,15-16,32H,11-14,17-18H2,1H3/b25-16-. The number of aryl methyl sites for hydroxylation is 1. The maximum atomic E-state index is 13.1. The molecule has 0 radical (unpaired) electrons. The molecule has 2 aliphatic rings. The average Bonchev–Trinajstić information content (AvgIpc) is 3.16. The van der Waals surface area contributed by atoms with E-state index in [0.29, 0.717) is 34.0 Å². The third kappa shape index (κ3) is 4.73. The van der Waals surface area contributed by atoms with Gasteiger partial charge in [0.25, 0.3) is 0 Å². The number of phenolic OH excluding ortho intramolecular Hbond substituents is 1. The van der Waals surface area contributed by atoms with Crippen molar-refractivity contribution < 1.29 is 14.6 Å². The molecule has 0 bridgehead atoms. The summed E-state index contributed by atoms with van der Waals surface area (Å²) in [4.78, 5) is 17.9. The Bertz CT molecular complexity index is 1230. The number of hydrogen-bond acceptors (Lipinski definition) is 5. The molecule has 3 aromatic carbocycles. The molecule has 1 N–H and O–H groups in total. The van der Waals surface area contributed by atoms with E-state index in [2.05, 4.69) is 34.1 Å². The Kier molecular flexibility index (Phi) is 6.42. The zero-order valence-electron chi connectivity index (χ0n) is 19.1. The molecular weight excluding hydrogens is 448 g/mol. The molecule has 0 amide bonds. The molecule has 0 spiro atoms. The molecule has 2 heterocycles. The smallest absolute Gasteiger partial charge is 0.232 e. The van der Waals surface area contributed by atoms with Crippen LogP contribution < -0.4 is 4.74 Å². The van der Waals surface area contributed by atoms with E-state index in [4.69, 9.17) is 16.3 Å². The van der Waals surface area contributed by atoms with Crippen LogP contribution in [0.5, 0.6) is 11.5 Å². The maximum Gasteiger partial charge on any atom is 0.232 e. The number of fused-ring (bicyclic) bond motifs is 1. The molecule has 0 unspecified atom stereocenters. The fourth-order valence-electron chi connectivity index (χ4n) is 4.61. The zero-order chi connectivity index (χ0) is 23.7. The first kappa shape index (κ1) is 22.7. The van der Waals surface area contributed by atoms with Crippen LogP contribution in [0, 0.1) is 6.92 Å². The van der Waals surface area contributed by atoms with Crippen LogP contribution in [0.1, 0.15) is 32.6 Å². The first-order chi connectivity index (χ1) is 16.5.